The Morgan fingerprint density at radius 2 is 1.89 bits per heavy atom. The summed E-state index contributed by atoms with van der Waals surface area (Å²) < 4.78 is 0. The Morgan fingerprint density at radius 1 is 1.22 bits per heavy atom. The minimum Gasteiger partial charge on any atom is -0.478 e. The van der Waals surface area contributed by atoms with E-state index in [9.17, 15) is 9.90 Å². The molecule has 2 aromatic rings. The van der Waals surface area contributed by atoms with E-state index in [1.165, 1.54) is 0 Å². The molecule has 0 amide bonds. The normalized spacial score (nSPS) is 10.9. The van der Waals surface area contributed by atoms with Crippen LogP contribution in [0.25, 0.3) is 10.9 Å². The van der Waals surface area contributed by atoms with Gasteiger partial charge in [-0.3, -0.25) is 4.98 Å². The van der Waals surface area contributed by atoms with Crippen molar-refractivity contribution >= 4 is 16.9 Å². The van der Waals surface area contributed by atoms with Gasteiger partial charge in [0.2, 0.25) is 0 Å². The largest absolute Gasteiger partial charge is 0.478 e. The zero-order valence-corrected chi connectivity index (χ0v) is 11.2. The molecule has 0 bridgehead atoms. The molecule has 0 aliphatic heterocycles. The van der Waals surface area contributed by atoms with Gasteiger partial charge in [-0.15, -0.1) is 0 Å². The predicted molar refractivity (Wildman–Crippen MR) is 72.3 cm³/mol. The molecule has 0 atom stereocenters. The van der Waals surface area contributed by atoms with Gasteiger partial charge >= 0.3 is 5.97 Å². The van der Waals surface area contributed by atoms with Crippen molar-refractivity contribution in [3.05, 3.63) is 40.1 Å². The number of rotatable bonds is 2. The Bertz CT molecular complexity index is 645. The van der Waals surface area contributed by atoms with E-state index in [0.29, 0.717) is 5.56 Å². The van der Waals surface area contributed by atoms with E-state index >= 15 is 0 Å². The van der Waals surface area contributed by atoms with Gasteiger partial charge in [0.25, 0.3) is 0 Å². The van der Waals surface area contributed by atoms with Crippen LogP contribution in [0.3, 0.4) is 0 Å². The highest BCUT2D eigenvalue weighted by Gasteiger charge is 2.17. The highest BCUT2D eigenvalue weighted by molar-refractivity contribution is 6.05. The topological polar surface area (TPSA) is 50.2 Å². The van der Waals surface area contributed by atoms with E-state index in [1.807, 2.05) is 39.8 Å². The van der Waals surface area contributed by atoms with Crippen LogP contribution in [-0.2, 0) is 6.42 Å². The van der Waals surface area contributed by atoms with Crippen molar-refractivity contribution in [2.75, 3.05) is 0 Å². The Kier molecular flexibility index (Phi) is 3.07. The lowest BCUT2D eigenvalue weighted by Gasteiger charge is -2.13. The van der Waals surface area contributed by atoms with Crippen molar-refractivity contribution in [3.8, 4) is 0 Å². The van der Waals surface area contributed by atoms with Crippen LogP contribution in [0, 0.1) is 20.8 Å². The number of aromatic nitrogens is 1. The second-order valence-corrected chi connectivity index (χ2v) is 4.62. The van der Waals surface area contributed by atoms with Crippen molar-refractivity contribution in [1.82, 2.24) is 4.98 Å². The Balaban J connectivity index is 2.99. The van der Waals surface area contributed by atoms with Gasteiger partial charge in [-0.25, -0.2) is 4.79 Å². The van der Waals surface area contributed by atoms with Gasteiger partial charge in [-0.05, 0) is 43.9 Å². The summed E-state index contributed by atoms with van der Waals surface area (Å²) in [5, 5.41) is 10.2. The number of hydrogen-bond acceptors (Lipinski definition) is 2. The number of nitrogens with zero attached hydrogens (tertiary/aromatic N) is 1. The van der Waals surface area contributed by atoms with Crippen LogP contribution in [0.1, 0.15) is 39.7 Å². The number of carboxylic acid groups (broad SMARTS) is 1. The number of fused-ring (bicyclic) bond motifs is 1. The van der Waals surface area contributed by atoms with Crippen LogP contribution in [0.2, 0.25) is 0 Å². The fraction of sp³-hybridized carbons (Fsp3) is 0.333. The number of benzene rings is 1. The monoisotopic (exact) mass is 243 g/mol. The van der Waals surface area contributed by atoms with E-state index in [-0.39, 0.29) is 0 Å². The molecule has 0 radical (unpaired) electrons. The number of carbonyl (C=O) groups is 1. The highest BCUT2D eigenvalue weighted by atomic mass is 16.4. The average molecular weight is 243 g/mol. The minimum absolute atomic E-state index is 0.389. The molecule has 1 N–H and O–H groups in total. The Labute approximate surface area is 106 Å². The maximum Gasteiger partial charge on any atom is 0.336 e. The number of aryl methyl sites for hydroxylation is 3. The molecule has 3 nitrogen and oxygen atoms in total. The molecule has 1 heterocycles. The van der Waals surface area contributed by atoms with Crippen molar-refractivity contribution in [1.29, 1.82) is 0 Å². The first kappa shape index (κ1) is 12.6. The van der Waals surface area contributed by atoms with Gasteiger partial charge in [0, 0.05) is 11.1 Å². The average Bonchev–Trinajstić information content (AvgIpc) is 2.33. The lowest BCUT2D eigenvalue weighted by molar-refractivity contribution is 0.0698. The molecular formula is C15H17NO2. The zero-order valence-electron chi connectivity index (χ0n) is 11.2. The molecule has 18 heavy (non-hydrogen) atoms. The fourth-order valence-corrected chi connectivity index (χ4v) is 2.33. The molecule has 1 aromatic heterocycles. The standard InChI is InChI=1S/C15H17NO2/c1-5-12-10(4)13(15(17)18)11-7-6-8(2)9(3)14(11)16-12/h6-7H,5H2,1-4H3,(H,17,18). The highest BCUT2D eigenvalue weighted by Crippen LogP contribution is 2.27. The lowest BCUT2D eigenvalue weighted by atomic mass is 9.96. The summed E-state index contributed by atoms with van der Waals surface area (Å²) in [6, 6.07) is 3.82. The second kappa shape index (κ2) is 4.41. The molecule has 2 rings (SSSR count). The van der Waals surface area contributed by atoms with Crippen LogP contribution in [0.4, 0.5) is 0 Å². The molecule has 0 aliphatic carbocycles. The van der Waals surface area contributed by atoms with Gasteiger partial charge in [-0.1, -0.05) is 19.1 Å². The Hall–Kier alpha value is -1.90. The maximum atomic E-state index is 11.5. The third-order valence-electron chi connectivity index (χ3n) is 3.57. The summed E-state index contributed by atoms with van der Waals surface area (Å²) in [5.41, 5.74) is 5.05. The van der Waals surface area contributed by atoms with Gasteiger partial charge in [0.15, 0.2) is 0 Å². The third-order valence-corrected chi connectivity index (χ3v) is 3.57. The summed E-state index contributed by atoms with van der Waals surface area (Å²) in [6.07, 6.45) is 0.745. The quantitative estimate of drug-likeness (QED) is 0.879. The molecule has 0 spiro atoms. The van der Waals surface area contributed by atoms with Crippen LogP contribution in [0.5, 0.6) is 0 Å². The van der Waals surface area contributed by atoms with Gasteiger partial charge in [-0.2, -0.15) is 0 Å². The molecule has 0 aliphatic rings. The maximum absolute atomic E-state index is 11.5. The summed E-state index contributed by atoms with van der Waals surface area (Å²) in [4.78, 5) is 16.1. The van der Waals surface area contributed by atoms with E-state index < -0.39 is 5.97 Å². The zero-order chi connectivity index (χ0) is 13.4. The van der Waals surface area contributed by atoms with E-state index in [0.717, 1.165) is 39.7 Å². The minimum atomic E-state index is -0.877. The predicted octanol–water partition coefficient (Wildman–Crippen LogP) is 3.42. The van der Waals surface area contributed by atoms with Gasteiger partial charge in [0.1, 0.15) is 0 Å². The molecule has 0 fully saturated rings. The molecule has 0 unspecified atom stereocenters. The summed E-state index contributed by atoms with van der Waals surface area (Å²) >= 11 is 0. The Morgan fingerprint density at radius 3 is 2.44 bits per heavy atom. The first-order valence-corrected chi connectivity index (χ1v) is 6.10. The van der Waals surface area contributed by atoms with Crippen LogP contribution in [-0.4, -0.2) is 16.1 Å². The van der Waals surface area contributed by atoms with Gasteiger partial charge in [0.05, 0.1) is 11.1 Å². The van der Waals surface area contributed by atoms with Crippen molar-refractivity contribution in [2.24, 2.45) is 0 Å². The smallest absolute Gasteiger partial charge is 0.336 e. The summed E-state index contributed by atoms with van der Waals surface area (Å²) in [5.74, 6) is -0.877. The van der Waals surface area contributed by atoms with Crippen LogP contribution in [0.15, 0.2) is 12.1 Å². The molecule has 0 saturated carbocycles. The van der Waals surface area contributed by atoms with Crippen molar-refractivity contribution in [3.63, 3.8) is 0 Å². The lowest BCUT2D eigenvalue weighted by Crippen LogP contribution is -2.07. The molecule has 94 valence electrons. The van der Waals surface area contributed by atoms with Crippen molar-refractivity contribution < 1.29 is 9.90 Å². The third kappa shape index (κ3) is 1.76. The van der Waals surface area contributed by atoms with Crippen molar-refractivity contribution in [2.45, 2.75) is 34.1 Å². The van der Waals surface area contributed by atoms with E-state index in [4.69, 9.17) is 0 Å². The number of pyridine rings is 1. The fourth-order valence-electron chi connectivity index (χ4n) is 2.33. The first-order valence-electron chi connectivity index (χ1n) is 6.10. The SMILES string of the molecule is CCc1nc2c(C)c(C)ccc2c(C(=O)O)c1C. The molecule has 3 heteroatoms. The second-order valence-electron chi connectivity index (χ2n) is 4.62. The summed E-state index contributed by atoms with van der Waals surface area (Å²) in [7, 11) is 0. The van der Waals surface area contributed by atoms with Gasteiger partial charge < -0.3 is 5.11 Å². The molecule has 0 saturated heterocycles. The number of hydrogen-bond donors (Lipinski definition) is 1. The van der Waals surface area contributed by atoms with Crippen LogP contribution < -0.4 is 0 Å². The number of carboxylic acids is 1. The summed E-state index contributed by atoms with van der Waals surface area (Å²) in [6.45, 7) is 7.84. The van der Waals surface area contributed by atoms with E-state index in [1.54, 1.807) is 0 Å². The molecular weight excluding hydrogens is 226 g/mol. The van der Waals surface area contributed by atoms with E-state index in [2.05, 4.69) is 4.98 Å². The number of aromatic carboxylic acids is 1. The first-order chi connectivity index (χ1) is 8.47. The molecule has 1 aromatic carbocycles. The van der Waals surface area contributed by atoms with Crippen LogP contribution >= 0.6 is 0 Å².